The minimum Gasteiger partial charge on any atom is -0.504 e. The fraction of sp³-hybridized carbons (Fsp3) is 0.552. The van der Waals surface area contributed by atoms with Crippen molar-refractivity contribution in [1.82, 2.24) is 0 Å². The molecule has 0 aromatic heterocycles. The largest absolute Gasteiger partial charge is 0.504 e. The second-order valence-corrected chi connectivity index (χ2v) is 9.77. The van der Waals surface area contributed by atoms with Gasteiger partial charge in [0.05, 0.1) is 24.7 Å². The smallest absolute Gasteiger partial charge is 0.178 e. The first-order chi connectivity index (χ1) is 16.9. The number of aromatic hydroxyl groups is 1. The van der Waals surface area contributed by atoms with Crippen molar-refractivity contribution in [1.29, 1.82) is 0 Å². The van der Waals surface area contributed by atoms with E-state index < -0.39 is 12.2 Å². The first-order valence-corrected chi connectivity index (χ1v) is 13.0. The van der Waals surface area contributed by atoms with E-state index in [1.807, 2.05) is 18.3 Å². The second-order valence-electron chi connectivity index (χ2n) is 9.77. The van der Waals surface area contributed by atoms with Gasteiger partial charge in [-0.25, -0.2) is 0 Å². The maximum atomic E-state index is 10.2. The number of benzene rings is 1. The topological polar surface area (TPSA) is 95.1 Å². The highest BCUT2D eigenvalue weighted by Crippen LogP contribution is 2.31. The van der Waals surface area contributed by atoms with E-state index in [-0.39, 0.29) is 11.7 Å². The van der Waals surface area contributed by atoms with Gasteiger partial charge in [0, 0.05) is 12.3 Å². The van der Waals surface area contributed by atoms with Gasteiger partial charge in [0.15, 0.2) is 17.2 Å². The molecular formula is C29H42NO5+. The standard InChI is InChI=1S/C29H41NO5/c1-4-5-6-25-11-12-26(35-25)10-8-22-9-14-28(33)29(17-22)34-16-15-24-18-23(19-30-24)20(2)7-13-27(32)21(3)31/h9,11-12,14,17-21,25,27,31-32,35H,4-8,10,13,15-16H2,1-3H3/p+1. The van der Waals surface area contributed by atoms with Crippen molar-refractivity contribution >= 4 is 6.21 Å². The van der Waals surface area contributed by atoms with Crippen molar-refractivity contribution in [3.63, 3.8) is 0 Å². The van der Waals surface area contributed by atoms with Gasteiger partial charge in [-0.1, -0.05) is 19.4 Å². The molecule has 1 aromatic carbocycles. The van der Waals surface area contributed by atoms with Crippen molar-refractivity contribution < 1.29 is 24.8 Å². The SMILES string of the molecule is CCCCC1C=C[C-](CCc2ccc(O)c(OCCC3=C[C+](C(C)CCC(O)C(C)O)C=N3)c2)[OH+]1. The monoisotopic (exact) mass is 484 g/mol. The van der Waals surface area contributed by atoms with Crippen LogP contribution in [0, 0.1) is 17.9 Å². The Morgan fingerprint density at radius 2 is 2.03 bits per heavy atom. The Morgan fingerprint density at radius 1 is 1.20 bits per heavy atom. The van der Waals surface area contributed by atoms with Crippen molar-refractivity contribution in [2.45, 2.75) is 90.4 Å². The van der Waals surface area contributed by atoms with Gasteiger partial charge in [0.2, 0.25) is 0 Å². The zero-order valence-electron chi connectivity index (χ0n) is 21.4. The summed E-state index contributed by atoms with van der Waals surface area (Å²) in [6.07, 6.45) is 15.6. The number of allylic oxidation sites excluding steroid dienone is 1. The van der Waals surface area contributed by atoms with Crippen LogP contribution in [0.3, 0.4) is 0 Å². The van der Waals surface area contributed by atoms with E-state index in [1.165, 1.54) is 12.8 Å². The zero-order valence-corrected chi connectivity index (χ0v) is 21.4. The molecule has 35 heavy (non-hydrogen) atoms. The number of hydrogen-bond acceptors (Lipinski definition) is 5. The molecular weight excluding hydrogens is 442 g/mol. The highest BCUT2D eigenvalue weighted by atomic mass is 16.5. The minimum absolute atomic E-state index is 0.146. The van der Waals surface area contributed by atoms with E-state index in [4.69, 9.17) is 9.47 Å². The summed E-state index contributed by atoms with van der Waals surface area (Å²) in [7, 11) is 0. The number of aryl methyl sites for hydroxylation is 1. The van der Waals surface area contributed by atoms with Crippen LogP contribution in [0.5, 0.6) is 11.5 Å². The minimum atomic E-state index is -0.709. The quantitative estimate of drug-likeness (QED) is 0.242. The predicted octanol–water partition coefficient (Wildman–Crippen LogP) is 4.98. The van der Waals surface area contributed by atoms with E-state index in [0.29, 0.717) is 31.3 Å². The molecule has 0 amide bonds. The maximum absolute atomic E-state index is 10.2. The molecule has 0 saturated heterocycles. The van der Waals surface area contributed by atoms with E-state index >= 15 is 0 Å². The lowest BCUT2D eigenvalue weighted by atomic mass is 9.89. The third-order valence-corrected chi connectivity index (χ3v) is 6.74. The van der Waals surface area contributed by atoms with Gasteiger partial charge in [-0.3, -0.25) is 0 Å². The van der Waals surface area contributed by atoms with Gasteiger partial charge in [-0.05, 0) is 63.6 Å². The van der Waals surface area contributed by atoms with Gasteiger partial charge >= 0.3 is 0 Å². The van der Waals surface area contributed by atoms with E-state index in [0.717, 1.165) is 49.0 Å². The van der Waals surface area contributed by atoms with Crippen LogP contribution in [-0.2, 0) is 6.42 Å². The van der Waals surface area contributed by atoms with Crippen LogP contribution in [0.15, 0.2) is 47.1 Å². The summed E-state index contributed by atoms with van der Waals surface area (Å²) in [5, 5.41) is 29.5. The first kappa shape index (κ1) is 27.2. The molecule has 0 spiro atoms. The van der Waals surface area contributed by atoms with Crippen molar-refractivity contribution in [3.8, 4) is 11.5 Å². The van der Waals surface area contributed by atoms with Crippen molar-refractivity contribution in [3.05, 3.63) is 59.7 Å². The number of ether oxygens (including phenoxy) is 2. The third-order valence-electron chi connectivity index (χ3n) is 6.74. The molecule has 2 aliphatic heterocycles. The number of phenolic OH excluding ortho intramolecular Hbond substituents is 1. The molecule has 192 valence electrons. The number of hydrogen-bond donors (Lipinski definition) is 3. The molecule has 0 aliphatic carbocycles. The Morgan fingerprint density at radius 3 is 2.80 bits per heavy atom. The highest BCUT2D eigenvalue weighted by molar-refractivity contribution is 5.82. The Balaban J connectivity index is 1.41. The van der Waals surface area contributed by atoms with Crippen molar-refractivity contribution in [2.24, 2.45) is 10.9 Å². The van der Waals surface area contributed by atoms with Crippen LogP contribution in [0.1, 0.15) is 71.3 Å². The maximum Gasteiger partial charge on any atom is 0.178 e. The van der Waals surface area contributed by atoms with E-state index in [1.54, 1.807) is 13.0 Å². The van der Waals surface area contributed by atoms with E-state index in [2.05, 4.69) is 37.1 Å². The second kappa shape index (κ2) is 13.6. The molecule has 0 saturated carbocycles. The molecule has 3 rings (SSSR count). The van der Waals surface area contributed by atoms with Crippen LogP contribution in [0.4, 0.5) is 0 Å². The molecule has 6 nitrogen and oxygen atoms in total. The first-order valence-electron chi connectivity index (χ1n) is 13.0. The molecule has 4 N–H and O–H groups in total. The average Bonchev–Trinajstić information content (AvgIpc) is 3.51. The van der Waals surface area contributed by atoms with Gasteiger partial charge in [0.1, 0.15) is 30.9 Å². The Labute approximate surface area is 210 Å². The van der Waals surface area contributed by atoms with Crippen LogP contribution in [0.25, 0.3) is 0 Å². The average molecular weight is 485 g/mol. The third kappa shape index (κ3) is 8.64. The van der Waals surface area contributed by atoms with Crippen LogP contribution in [0.2, 0.25) is 0 Å². The Hall–Kier alpha value is -2.41. The normalized spacial score (nSPS) is 19.8. The number of nitrogens with zero attached hydrogens (tertiary/aromatic N) is 1. The molecule has 0 fully saturated rings. The molecule has 4 atom stereocenters. The highest BCUT2D eigenvalue weighted by Gasteiger charge is 2.28. The van der Waals surface area contributed by atoms with Crippen LogP contribution >= 0.6 is 0 Å². The number of rotatable bonds is 15. The lowest BCUT2D eigenvalue weighted by Crippen LogP contribution is -2.23. The molecule has 0 radical (unpaired) electrons. The molecule has 0 bridgehead atoms. The number of aliphatic hydroxyl groups is 4. The number of unbranched alkanes of at least 4 members (excludes halogenated alkanes) is 1. The van der Waals surface area contributed by atoms with Gasteiger partial charge in [0.25, 0.3) is 0 Å². The van der Waals surface area contributed by atoms with Gasteiger partial charge in [-0.2, -0.15) is 0 Å². The van der Waals surface area contributed by atoms with Gasteiger partial charge in [-0.15, -0.1) is 17.1 Å². The number of aliphatic hydroxyl groups excluding tert-OH is 2. The fourth-order valence-corrected chi connectivity index (χ4v) is 4.27. The molecule has 2 aliphatic rings. The summed E-state index contributed by atoms with van der Waals surface area (Å²) in [5.41, 5.74) is 2.06. The molecule has 4 unspecified atom stereocenters. The predicted molar refractivity (Wildman–Crippen MR) is 140 cm³/mol. The number of phenols is 1. The molecule has 6 heteroatoms. The van der Waals surface area contributed by atoms with Crippen molar-refractivity contribution in [2.75, 3.05) is 6.61 Å². The fourth-order valence-electron chi connectivity index (χ4n) is 4.27. The van der Waals surface area contributed by atoms with Crippen LogP contribution in [-0.4, -0.2) is 51.2 Å². The number of aliphatic imine (C=N–C) groups is 1. The Kier molecular flexibility index (Phi) is 10.6. The lowest BCUT2D eigenvalue weighted by molar-refractivity contribution is -0.0480. The van der Waals surface area contributed by atoms with Crippen LogP contribution < -0.4 is 4.74 Å². The summed E-state index contributed by atoms with van der Waals surface area (Å²) in [6, 6.07) is 5.56. The lowest BCUT2D eigenvalue weighted by Gasteiger charge is -2.17. The molecule has 2 heterocycles. The summed E-state index contributed by atoms with van der Waals surface area (Å²) in [4.78, 5) is 4.49. The van der Waals surface area contributed by atoms with Gasteiger partial charge < -0.3 is 24.8 Å². The summed E-state index contributed by atoms with van der Waals surface area (Å²) in [5.74, 6) is 2.03. The summed E-state index contributed by atoms with van der Waals surface area (Å²) >= 11 is 0. The Bertz CT molecular complexity index is 878. The summed E-state index contributed by atoms with van der Waals surface area (Å²) < 4.78 is 10.7. The summed E-state index contributed by atoms with van der Waals surface area (Å²) in [6.45, 7) is 6.35. The van der Waals surface area contributed by atoms with E-state index in [9.17, 15) is 15.3 Å². The zero-order chi connectivity index (χ0) is 25.2. The molecule has 1 aromatic rings.